The Hall–Kier alpha value is -1.32. The summed E-state index contributed by atoms with van der Waals surface area (Å²) in [6.45, 7) is 4.61. The van der Waals surface area contributed by atoms with E-state index in [1.807, 2.05) is 23.5 Å². The quantitative estimate of drug-likeness (QED) is 0.309. The highest BCUT2D eigenvalue weighted by Gasteiger charge is 2.15. The van der Waals surface area contributed by atoms with E-state index in [0.717, 1.165) is 31.2 Å². The van der Waals surface area contributed by atoms with Gasteiger partial charge in [-0.2, -0.15) is 0 Å². The average molecular weight is 516 g/mol. The van der Waals surface area contributed by atoms with Gasteiger partial charge in [0.2, 0.25) is 0 Å². The lowest BCUT2D eigenvalue weighted by Gasteiger charge is -2.26. The molecule has 0 bridgehead atoms. The van der Waals surface area contributed by atoms with Gasteiger partial charge in [0, 0.05) is 25.0 Å². The second-order valence-electron chi connectivity index (χ2n) is 6.70. The summed E-state index contributed by atoms with van der Waals surface area (Å²) in [6.07, 6.45) is 1.04. The van der Waals surface area contributed by atoms with Crippen LogP contribution in [0.25, 0.3) is 0 Å². The van der Waals surface area contributed by atoms with Gasteiger partial charge in [-0.25, -0.2) is 0 Å². The summed E-state index contributed by atoms with van der Waals surface area (Å²) in [6, 6.07) is 12.8. The molecular weight excluding hydrogens is 483 g/mol. The van der Waals surface area contributed by atoms with E-state index in [1.165, 1.54) is 10.4 Å². The Morgan fingerprint density at radius 2 is 1.89 bits per heavy atom. The molecular formula is C21H33IN4OS. The van der Waals surface area contributed by atoms with Crippen LogP contribution in [0, 0.1) is 0 Å². The molecule has 1 atom stereocenters. The minimum absolute atomic E-state index is 0. The zero-order valence-corrected chi connectivity index (χ0v) is 20.7. The highest BCUT2D eigenvalue weighted by molar-refractivity contribution is 14.0. The van der Waals surface area contributed by atoms with E-state index in [-0.39, 0.29) is 30.0 Å². The highest BCUT2D eigenvalue weighted by atomic mass is 127. The molecule has 156 valence electrons. The van der Waals surface area contributed by atoms with Crippen molar-refractivity contribution in [2.45, 2.75) is 19.4 Å². The molecule has 28 heavy (non-hydrogen) atoms. The summed E-state index contributed by atoms with van der Waals surface area (Å²) >= 11 is 1.81. The Balaban J connectivity index is 0.00000392. The predicted octanol–water partition coefficient (Wildman–Crippen LogP) is 4.12. The third-order valence-corrected chi connectivity index (χ3v) is 5.44. The summed E-state index contributed by atoms with van der Waals surface area (Å²) < 4.78 is 5.27. The number of likely N-dealkylation sites (N-methyl/N-ethyl adjacent to an activating group) is 2. The molecule has 1 unspecified atom stereocenters. The summed E-state index contributed by atoms with van der Waals surface area (Å²) in [7, 11) is 7.99. The Kier molecular flexibility index (Phi) is 11.5. The molecule has 0 radical (unpaired) electrons. The van der Waals surface area contributed by atoms with E-state index in [0.29, 0.717) is 6.54 Å². The van der Waals surface area contributed by atoms with E-state index >= 15 is 0 Å². The van der Waals surface area contributed by atoms with Crippen molar-refractivity contribution in [3.8, 4) is 5.75 Å². The first kappa shape index (κ1) is 24.7. The lowest BCUT2D eigenvalue weighted by atomic mass is 10.1. The third kappa shape index (κ3) is 7.60. The zero-order chi connectivity index (χ0) is 19.6. The predicted molar refractivity (Wildman–Crippen MR) is 131 cm³/mol. The zero-order valence-electron chi connectivity index (χ0n) is 17.5. The van der Waals surface area contributed by atoms with Gasteiger partial charge in [-0.05, 0) is 56.6 Å². The van der Waals surface area contributed by atoms with Gasteiger partial charge in [0.1, 0.15) is 5.75 Å². The van der Waals surface area contributed by atoms with Crippen LogP contribution in [0.2, 0.25) is 0 Å². The molecule has 0 saturated carbocycles. The third-order valence-electron chi connectivity index (χ3n) is 4.51. The largest absolute Gasteiger partial charge is 0.497 e. The number of ether oxygens (including phenoxy) is 1. The lowest BCUT2D eigenvalue weighted by molar-refractivity contribution is 0.305. The number of guanidine groups is 1. The second-order valence-corrected chi connectivity index (χ2v) is 7.73. The molecule has 0 aliphatic rings. The van der Waals surface area contributed by atoms with E-state index in [1.54, 1.807) is 7.11 Å². The van der Waals surface area contributed by atoms with Crippen molar-refractivity contribution in [3.05, 3.63) is 52.2 Å². The van der Waals surface area contributed by atoms with Crippen molar-refractivity contribution in [2.75, 3.05) is 47.9 Å². The fourth-order valence-corrected chi connectivity index (χ4v) is 3.57. The first-order valence-electron chi connectivity index (χ1n) is 9.37. The van der Waals surface area contributed by atoms with Crippen molar-refractivity contribution >= 4 is 41.3 Å². The normalized spacial score (nSPS) is 12.4. The van der Waals surface area contributed by atoms with Crippen LogP contribution in [0.5, 0.6) is 5.75 Å². The van der Waals surface area contributed by atoms with Crippen LogP contribution in [0.15, 0.2) is 46.8 Å². The maximum absolute atomic E-state index is 5.27. The van der Waals surface area contributed by atoms with Gasteiger partial charge in [-0.3, -0.25) is 4.99 Å². The molecule has 1 heterocycles. The molecule has 1 aromatic heterocycles. The highest BCUT2D eigenvalue weighted by Crippen LogP contribution is 2.21. The number of methoxy groups -OCH3 is 1. The average Bonchev–Trinajstić information content (AvgIpc) is 3.19. The Bertz CT molecular complexity index is 689. The first-order valence-corrected chi connectivity index (χ1v) is 10.2. The maximum Gasteiger partial charge on any atom is 0.193 e. The van der Waals surface area contributed by atoms with Crippen molar-refractivity contribution in [1.29, 1.82) is 0 Å². The fraction of sp³-hybridized carbons (Fsp3) is 0.476. The van der Waals surface area contributed by atoms with E-state index in [4.69, 9.17) is 9.73 Å². The van der Waals surface area contributed by atoms with Gasteiger partial charge < -0.3 is 19.9 Å². The minimum atomic E-state index is 0. The molecule has 2 rings (SSSR count). The van der Waals surface area contributed by atoms with Crippen LogP contribution in [0.4, 0.5) is 0 Å². The molecule has 1 aromatic carbocycles. The van der Waals surface area contributed by atoms with Crippen molar-refractivity contribution in [2.24, 2.45) is 4.99 Å². The summed E-state index contributed by atoms with van der Waals surface area (Å²) in [4.78, 5) is 10.7. The number of aliphatic imine (C=N–C) groups is 1. The van der Waals surface area contributed by atoms with Gasteiger partial charge in [0.15, 0.2) is 5.96 Å². The van der Waals surface area contributed by atoms with Crippen LogP contribution in [-0.2, 0) is 6.42 Å². The molecule has 2 aromatic rings. The second kappa shape index (κ2) is 13.0. The molecule has 1 N–H and O–H groups in total. The van der Waals surface area contributed by atoms with Gasteiger partial charge in [0.25, 0.3) is 0 Å². The Labute approximate surface area is 190 Å². The van der Waals surface area contributed by atoms with Crippen LogP contribution in [0.3, 0.4) is 0 Å². The van der Waals surface area contributed by atoms with E-state index in [2.05, 4.69) is 72.8 Å². The fourth-order valence-electron chi connectivity index (χ4n) is 2.87. The number of nitrogens with one attached hydrogen (secondary N) is 1. The van der Waals surface area contributed by atoms with Gasteiger partial charge in [0.05, 0.1) is 19.7 Å². The number of benzene rings is 1. The maximum atomic E-state index is 5.27. The van der Waals surface area contributed by atoms with Crippen LogP contribution >= 0.6 is 35.3 Å². The number of nitrogens with zero attached hydrogens (tertiary/aromatic N) is 3. The molecule has 0 aliphatic heterocycles. The molecule has 5 nitrogen and oxygen atoms in total. The number of thiophene rings is 1. The Morgan fingerprint density at radius 1 is 1.18 bits per heavy atom. The Morgan fingerprint density at radius 3 is 2.43 bits per heavy atom. The first-order chi connectivity index (χ1) is 13.0. The number of halogens is 1. The molecule has 0 amide bonds. The van der Waals surface area contributed by atoms with Crippen LogP contribution < -0.4 is 10.1 Å². The molecule has 0 saturated heterocycles. The molecule has 0 spiro atoms. The number of rotatable bonds is 9. The minimum Gasteiger partial charge on any atom is -0.497 e. The van der Waals surface area contributed by atoms with Crippen LogP contribution in [0.1, 0.15) is 23.4 Å². The van der Waals surface area contributed by atoms with Crippen LogP contribution in [-0.4, -0.2) is 63.6 Å². The smallest absolute Gasteiger partial charge is 0.193 e. The van der Waals surface area contributed by atoms with Crippen molar-refractivity contribution < 1.29 is 4.74 Å². The standard InChI is InChI=1S/C21H32N4OS.HI/c1-6-22-21(25(4)14-13-19-8-7-15-27-19)23-16-20(24(2)3)17-9-11-18(26-5)12-10-17;/h7-12,15,20H,6,13-14,16H2,1-5H3,(H,22,23);1H. The lowest BCUT2D eigenvalue weighted by Crippen LogP contribution is -2.40. The van der Waals surface area contributed by atoms with Crippen molar-refractivity contribution in [1.82, 2.24) is 15.1 Å². The van der Waals surface area contributed by atoms with Gasteiger partial charge in [-0.15, -0.1) is 35.3 Å². The summed E-state index contributed by atoms with van der Waals surface area (Å²) in [5.74, 6) is 1.83. The monoisotopic (exact) mass is 516 g/mol. The summed E-state index contributed by atoms with van der Waals surface area (Å²) in [5.41, 5.74) is 1.24. The molecule has 7 heteroatoms. The topological polar surface area (TPSA) is 40.1 Å². The van der Waals surface area contributed by atoms with Crippen molar-refractivity contribution in [3.63, 3.8) is 0 Å². The van der Waals surface area contributed by atoms with E-state index in [9.17, 15) is 0 Å². The number of hydrogen-bond donors (Lipinski definition) is 1. The summed E-state index contributed by atoms with van der Waals surface area (Å²) in [5, 5.41) is 5.55. The number of hydrogen-bond acceptors (Lipinski definition) is 4. The SMILES string of the molecule is CCNC(=NCC(c1ccc(OC)cc1)N(C)C)N(C)CCc1cccs1.I. The van der Waals surface area contributed by atoms with Gasteiger partial charge >= 0.3 is 0 Å². The molecule has 0 fully saturated rings. The van der Waals surface area contributed by atoms with E-state index < -0.39 is 0 Å². The molecule has 0 aliphatic carbocycles. The van der Waals surface area contributed by atoms with Gasteiger partial charge in [-0.1, -0.05) is 18.2 Å².